The Kier molecular flexibility index (Phi) is 6.09. The van der Waals surface area contributed by atoms with Gasteiger partial charge in [0.1, 0.15) is 0 Å². The SMILES string of the molecule is CC1CCC(C(N)CCCCCN)N(C)C1(C)C. The number of rotatable bonds is 6. The Labute approximate surface area is 113 Å². The van der Waals surface area contributed by atoms with E-state index in [0.717, 1.165) is 25.3 Å². The third-order valence-electron chi connectivity index (χ3n) is 5.24. The van der Waals surface area contributed by atoms with E-state index in [2.05, 4.69) is 32.7 Å². The predicted octanol–water partition coefficient (Wildman–Crippen LogP) is 2.34. The van der Waals surface area contributed by atoms with Gasteiger partial charge in [-0.15, -0.1) is 0 Å². The van der Waals surface area contributed by atoms with Gasteiger partial charge in [0.2, 0.25) is 0 Å². The summed E-state index contributed by atoms with van der Waals surface area (Å²) in [4.78, 5) is 2.52. The van der Waals surface area contributed by atoms with Gasteiger partial charge in [-0.1, -0.05) is 19.8 Å². The van der Waals surface area contributed by atoms with Crippen molar-refractivity contribution in [3.63, 3.8) is 0 Å². The van der Waals surface area contributed by atoms with E-state index >= 15 is 0 Å². The van der Waals surface area contributed by atoms with Gasteiger partial charge in [0.25, 0.3) is 0 Å². The topological polar surface area (TPSA) is 55.3 Å². The Morgan fingerprint density at radius 1 is 1.22 bits per heavy atom. The number of piperidine rings is 1. The van der Waals surface area contributed by atoms with Crippen molar-refractivity contribution in [2.45, 2.75) is 76.9 Å². The molecular weight excluding hydrogens is 222 g/mol. The molecule has 1 saturated heterocycles. The summed E-state index contributed by atoms with van der Waals surface area (Å²) in [7, 11) is 2.25. The quantitative estimate of drug-likeness (QED) is 0.716. The molecule has 1 rings (SSSR count). The second kappa shape index (κ2) is 6.88. The molecule has 18 heavy (non-hydrogen) atoms. The van der Waals surface area contributed by atoms with E-state index in [9.17, 15) is 0 Å². The number of hydrogen-bond acceptors (Lipinski definition) is 3. The molecule has 3 heteroatoms. The summed E-state index contributed by atoms with van der Waals surface area (Å²) in [5, 5.41) is 0. The van der Waals surface area contributed by atoms with Crippen LogP contribution < -0.4 is 11.5 Å². The number of nitrogens with zero attached hydrogens (tertiary/aromatic N) is 1. The minimum atomic E-state index is 0.276. The van der Waals surface area contributed by atoms with Gasteiger partial charge in [0.15, 0.2) is 0 Å². The minimum absolute atomic E-state index is 0.276. The van der Waals surface area contributed by atoms with Gasteiger partial charge >= 0.3 is 0 Å². The summed E-state index contributed by atoms with van der Waals surface area (Å²) < 4.78 is 0. The highest BCUT2D eigenvalue weighted by Gasteiger charge is 2.40. The Balaban J connectivity index is 2.45. The van der Waals surface area contributed by atoms with Crippen LogP contribution in [0.25, 0.3) is 0 Å². The van der Waals surface area contributed by atoms with Crippen molar-refractivity contribution in [1.29, 1.82) is 0 Å². The lowest BCUT2D eigenvalue weighted by Gasteiger charge is -2.51. The van der Waals surface area contributed by atoms with Crippen molar-refractivity contribution >= 4 is 0 Å². The van der Waals surface area contributed by atoms with Crippen molar-refractivity contribution in [3.8, 4) is 0 Å². The smallest absolute Gasteiger partial charge is 0.0249 e. The number of nitrogens with two attached hydrogens (primary N) is 2. The van der Waals surface area contributed by atoms with Crippen LogP contribution in [0, 0.1) is 5.92 Å². The van der Waals surface area contributed by atoms with Gasteiger partial charge in [0, 0.05) is 17.6 Å². The van der Waals surface area contributed by atoms with Crippen molar-refractivity contribution in [2.24, 2.45) is 17.4 Å². The molecule has 0 aromatic heterocycles. The second-order valence-electron chi connectivity index (χ2n) is 6.61. The first kappa shape index (κ1) is 15.9. The molecule has 0 aromatic rings. The van der Waals surface area contributed by atoms with E-state index in [1.165, 1.54) is 25.7 Å². The fraction of sp³-hybridized carbons (Fsp3) is 1.00. The van der Waals surface area contributed by atoms with Crippen molar-refractivity contribution in [3.05, 3.63) is 0 Å². The predicted molar refractivity (Wildman–Crippen MR) is 79.5 cm³/mol. The Morgan fingerprint density at radius 2 is 1.89 bits per heavy atom. The van der Waals surface area contributed by atoms with E-state index in [1.54, 1.807) is 0 Å². The highest BCUT2D eigenvalue weighted by atomic mass is 15.2. The lowest BCUT2D eigenvalue weighted by atomic mass is 9.76. The molecule has 108 valence electrons. The summed E-state index contributed by atoms with van der Waals surface area (Å²) in [6.07, 6.45) is 7.27. The fourth-order valence-corrected chi connectivity index (χ4v) is 3.14. The van der Waals surface area contributed by atoms with Crippen LogP contribution in [0.15, 0.2) is 0 Å². The minimum Gasteiger partial charge on any atom is -0.330 e. The summed E-state index contributed by atoms with van der Waals surface area (Å²) in [6, 6.07) is 0.869. The summed E-state index contributed by atoms with van der Waals surface area (Å²) in [5.74, 6) is 0.753. The Hall–Kier alpha value is -0.120. The molecule has 1 aliphatic rings. The maximum Gasteiger partial charge on any atom is 0.0249 e. The lowest BCUT2D eigenvalue weighted by molar-refractivity contribution is -0.00433. The van der Waals surface area contributed by atoms with Crippen LogP contribution in [-0.2, 0) is 0 Å². The molecule has 0 saturated carbocycles. The standard InChI is InChI=1S/C15H33N3/c1-12-9-10-14(18(4)15(12,2)3)13(17)8-6-5-7-11-16/h12-14H,5-11,16-17H2,1-4H3. The second-order valence-corrected chi connectivity index (χ2v) is 6.61. The third kappa shape index (κ3) is 3.69. The molecule has 4 N–H and O–H groups in total. The van der Waals surface area contributed by atoms with E-state index in [-0.39, 0.29) is 5.54 Å². The Bertz CT molecular complexity index is 240. The highest BCUT2D eigenvalue weighted by Crippen LogP contribution is 2.36. The molecule has 0 bridgehead atoms. The molecule has 1 heterocycles. The number of likely N-dealkylation sites (tertiary alicyclic amines) is 1. The first-order chi connectivity index (χ1) is 8.41. The molecule has 1 aliphatic heterocycles. The van der Waals surface area contributed by atoms with Gasteiger partial charge in [-0.25, -0.2) is 0 Å². The van der Waals surface area contributed by atoms with Gasteiger partial charge in [0.05, 0.1) is 0 Å². The molecule has 3 atom stereocenters. The third-order valence-corrected chi connectivity index (χ3v) is 5.24. The molecule has 1 fully saturated rings. The van der Waals surface area contributed by atoms with Crippen LogP contribution in [0.3, 0.4) is 0 Å². The summed E-state index contributed by atoms with van der Waals surface area (Å²) >= 11 is 0. The number of unbranched alkanes of at least 4 members (excludes halogenated alkanes) is 2. The van der Waals surface area contributed by atoms with Crippen molar-refractivity contribution < 1.29 is 0 Å². The van der Waals surface area contributed by atoms with Crippen LogP contribution in [-0.4, -0.2) is 36.1 Å². The molecule has 3 nitrogen and oxygen atoms in total. The highest BCUT2D eigenvalue weighted by molar-refractivity contribution is 4.97. The van der Waals surface area contributed by atoms with Gasteiger partial charge in [-0.3, -0.25) is 4.90 Å². The van der Waals surface area contributed by atoms with Crippen LogP contribution in [0.1, 0.15) is 59.3 Å². The zero-order chi connectivity index (χ0) is 13.8. The molecular formula is C15H33N3. The normalized spacial score (nSPS) is 30.3. The van der Waals surface area contributed by atoms with Crippen LogP contribution in [0.2, 0.25) is 0 Å². The number of likely N-dealkylation sites (N-methyl/N-ethyl adjacent to an activating group) is 1. The van der Waals surface area contributed by atoms with Gasteiger partial charge < -0.3 is 11.5 Å². The van der Waals surface area contributed by atoms with E-state index < -0.39 is 0 Å². The molecule has 0 amide bonds. The Morgan fingerprint density at radius 3 is 2.50 bits per heavy atom. The first-order valence-electron chi connectivity index (χ1n) is 7.59. The molecule has 3 unspecified atom stereocenters. The van der Waals surface area contributed by atoms with Crippen LogP contribution in [0.5, 0.6) is 0 Å². The zero-order valence-corrected chi connectivity index (χ0v) is 12.8. The van der Waals surface area contributed by atoms with E-state index in [4.69, 9.17) is 11.5 Å². The molecule has 0 aliphatic carbocycles. The monoisotopic (exact) mass is 255 g/mol. The fourth-order valence-electron chi connectivity index (χ4n) is 3.14. The average Bonchev–Trinajstić information content (AvgIpc) is 2.32. The maximum atomic E-state index is 6.41. The van der Waals surface area contributed by atoms with E-state index in [1.807, 2.05) is 0 Å². The average molecular weight is 255 g/mol. The van der Waals surface area contributed by atoms with Gasteiger partial charge in [-0.2, -0.15) is 0 Å². The van der Waals surface area contributed by atoms with E-state index in [0.29, 0.717) is 12.1 Å². The number of hydrogen-bond donors (Lipinski definition) is 2. The van der Waals surface area contributed by atoms with Crippen LogP contribution >= 0.6 is 0 Å². The maximum absolute atomic E-state index is 6.41. The molecule has 0 spiro atoms. The molecule has 0 radical (unpaired) electrons. The van der Waals surface area contributed by atoms with Gasteiger partial charge in [-0.05, 0) is 59.0 Å². The van der Waals surface area contributed by atoms with Crippen LogP contribution in [0.4, 0.5) is 0 Å². The van der Waals surface area contributed by atoms with Crippen molar-refractivity contribution in [2.75, 3.05) is 13.6 Å². The summed E-state index contributed by atoms with van der Waals surface area (Å²) in [6.45, 7) is 7.87. The summed E-state index contributed by atoms with van der Waals surface area (Å²) in [5.41, 5.74) is 12.2. The largest absolute Gasteiger partial charge is 0.330 e. The first-order valence-corrected chi connectivity index (χ1v) is 7.59. The lowest BCUT2D eigenvalue weighted by Crippen LogP contribution is -2.60. The molecule has 0 aromatic carbocycles. The zero-order valence-electron chi connectivity index (χ0n) is 12.8. The van der Waals surface area contributed by atoms with Crippen molar-refractivity contribution in [1.82, 2.24) is 4.90 Å².